The summed E-state index contributed by atoms with van der Waals surface area (Å²) in [5, 5.41) is 9.67. The fourth-order valence-corrected chi connectivity index (χ4v) is 6.56. The third kappa shape index (κ3) is 5.80. The molecule has 0 bridgehead atoms. The van der Waals surface area contributed by atoms with Gasteiger partial charge in [0.15, 0.2) is 15.5 Å². The van der Waals surface area contributed by atoms with Crippen LogP contribution in [-0.4, -0.2) is 82.9 Å². The van der Waals surface area contributed by atoms with Crippen molar-refractivity contribution < 1.29 is 27.9 Å². The minimum atomic E-state index is -3.84. The van der Waals surface area contributed by atoms with Gasteiger partial charge in [-0.25, -0.2) is 13.2 Å². The van der Waals surface area contributed by atoms with E-state index in [1.54, 1.807) is 22.8 Å². The highest BCUT2D eigenvalue weighted by Gasteiger charge is 2.39. The van der Waals surface area contributed by atoms with Crippen LogP contribution in [0.15, 0.2) is 95.9 Å². The van der Waals surface area contributed by atoms with E-state index in [0.29, 0.717) is 12.3 Å². The number of aromatic nitrogens is 2. The average Bonchev–Trinajstić information content (AvgIpc) is 3.37. The Labute approximate surface area is 238 Å². The van der Waals surface area contributed by atoms with E-state index < -0.39 is 33.6 Å². The molecule has 11 heteroatoms. The minimum Gasteiger partial charge on any atom is -0.465 e. The summed E-state index contributed by atoms with van der Waals surface area (Å²) >= 11 is 0. The second-order valence-electron chi connectivity index (χ2n) is 9.54. The Morgan fingerprint density at radius 3 is 2.15 bits per heavy atom. The standard InChI is InChI=1S/C30H30N4O6S/c1-2-40-29-31-26(27(22-12-6-3-7-13-22)34(29)23-14-8-4-9-15-23)28(35)33-19-18-32(30(36)37)20-24(33)21-41(38,39)25-16-10-5-11-17-25/h3-17,24H,2,18-21H2,1H3,(H,36,37)/t24-/m0/s1. The smallest absolute Gasteiger partial charge is 0.407 e. The molecular formula is C30H30N4O6S. The third-order valence-corrected chi connectivity index (χ3v) is 8.73. The van der Waals surface area contributed by atoms with Gasteiger partial charge < -0.3 is 19.6 Å². The predicted octanol–water partition coefficient (Wildman–Crippen LogP) is 4.22. The van der Waals surface area contributed by atoms with Crippen molar-refractivity contribution >= 4 is 21.8 Å². The van der Waals surface area contributed by atoms with E-state index in [4.69, 9.17) is 4.74 Å². The maximum absolute atomic E-state index is 14.3. The Morgan fingerprint density at radius 2 is 1.54 bits per heavy atom. The number of benzene rings is 3. The van der Waals surface area contributed by atoms with Crippen molar-refractivity contribution in [1.29, 1.82) is 0 Å². The van der Waals surface area contributed by atoms with Gasteiger partial charge in [-0.3, -0.25) is 9.36 Å². The molecule has 1 saturated heterocycles. The van der Waals surface area contributed by atoms with Gasteiger partial charge in [0.05, 0.1) is 34.7 Å². The number of hydrogen-bond donors (Lipinski definition) is 1. The van der Waals surface area contributed by atoms with E-state index in [9.17, 15) is 23.1 Å². The van der Waals surface area contributed by atoms with Gasteiger partial charge in [-0.1, -0.05) is 66.7 Å². The van der Waals surface area contributed by atoms with Crippen molar-refractivity contribution in [3.63, 3.8) is 0 Å². The molecule has 0 radical (unpaired) electrons. The number of sulfone groups is 1. The molecule has 1 aliphatic heterocycles. The van der Waals surface area contributed by atoms with Crippen LogP contribution < -0.4 is 4.74 Å². The molecule has 1 N–H and O–H groups in total. The maximum atomic E-state index is 14.3. The van der Waals surface area contributed by atoms with Crippen LogP contribution >= 0.6 is 0 Å². The van der Waals surface area contributed by atoms with Crippen LogP contribution in [0.5, 0.6) is 6.01 Å². The molecule has 0 aliphatic carbocycles. The SMILES string of the molecule is CCOc1nc(C(=O)N2CCN(C(=O)O)C[C@H]2CS(=O)(=O)c2ccccc2)c(-c2ccccc2)n1-c1ccccc1. The third-order valence-electron chi connectivity index (χ3n) is 6.91. The lowest BCUT2D eigenvalue weighted by atomic mass is 10.1. The van der Waals surface area contributed by atoms with Gasteiger partial charge in [0, 0.05) is 25.2 Å². The Morgan fingerprint density at radius 1 is 0.927 bits per heavy atom. The first kappa shape index (κ1) is 27.9. The largest absolute Gasteiger partial charge is 0.465 e. The topological polar surface area (TPSA) is 122 Å². The van der Waals surface area contributed by atoms with Gasteiger partial charge in [0.1, 0.15) is 0 Å². The summed E-state index contributed by atoms with van der Waals surface area (Å²) in [6, 6.07) is 25.9. The van der Waals surface area contributed by atoms with E-state index in [1.807, 2.05) is 67.6 Å². The number of ether oxygens (including phenoxy) is 1. The zero-order chi connectivity index (χ0) is 29.0. The molecule has 1 aliphatic rings. The summed E-state index contributed by atoms with van der Waals surface area (Å²) in [5.41, 5.74) is 2.04. The number of amides is 2. The number of carbonyl (C=O) groups is 2. The monoisotopic (exact) mass is 574 g/mol. The number of nitrogens with zero attached hydrogens (tertiary/aromatic N) is 4. The van der Waals surface area contributed by atoms with Crippen LogP contribution in [-0.2, 0) is 9.84 Å². The van der Waals surface area contributed by atoms with Crippen molar-refractivity contribution in [2.24, 2.45) is 0 Å². The molecule has 0 unspecified atom stereocenters. The molecule has 2 heterocycles. The predicted molar refractivity (Wildman–Crippen MR) is 153 cm³/mol. The van der Waals surface area contributed by atoms with Crippen molar-refractivity contribution in [3.05, 3.63) is 96.7 Å². The maximum Gasteiger partial charge on any atom is 0.407 e. The number of para-hydroxylation sites is 1. The number of hydrogen-bond acceptors (Lipinski definition) is 6. The minimum absolute atomic E-state index is 0.0104. The highest BCUT2D eigenvalue weighted by atomic mass is 32.2. The zero-order valence-corrected chi connectivity index (χ0v) is 23.3. The van der Waals surface area contributed by atoms with Gasteiger partial charge in [0.2, 0.25) is 0 Å². The fourth-order valence-electron chi connectivity index (χ4n) is 5.01. The number of imidazole rings is 1. The number of piperazine rings is 1. The molecule has 1 aromatic heterocycles. The molecule has 1 atom stereocenters. The summed E-state index contributed by atoms with van der Waals surface area (Å²) in [7, 11) is -3.84. The van der Waals surface area contributed by atoms with E-state index >= 15 is 0 Å². The second kappa shape index (κ2) is 11.8. The summed E-state index contributed by atoms with van der Waals surface area (Å²) < 4.78 is 34.4. The molecule has 1 fully saturated rings. The Bertz CT molecular complexity index is 1630. The molecule has 0 saturated carbocycles. The number of carbonyl (C=O) groups excluding carboxylic acids is 1. The van der Waals surface area contributed by atoms with Gasteiger partial charge in [-0.05, 0) is 31.2 Å². The molecule has 41 heavy (non-hydrogen) atoms. The Kier molecular flexibility index (Phi) is 8.06. The number of carboxylic acid groups (broad SMARTS) is 1. The molecule has 3 aromatic carbocycles. The van der Waals surface area contributed by atoms with Crippen LogP contribution in [0.2, 0.25) is 0 Å². The van der Waals surface area contributed by atoms with E-state index in [2.05, 4.69) is 4.98 Å². The highest BCUT2D eigenvalue weighted by molar-refractivity contribution is 7.91. The van der Waals surface area contributed by atoms with Crippen molar-refractivity contribution in [1.82, 2.24) is 19.4 Å². The van der Waals surface area contributed by atoms with Crippen LogP contribution in [0.1, 0.15) is 17.4 Å². The van der Waals surface area contributed by atoms with E-state index in [0.717, 1.165) is 16.2 Å². The van der Waals surface area contributed by atoms with Crippen molar-refractivity contribution in [2.45, 2.75) is 17.9 Å². The quantitative estimate of drug-likeness (QED) is 0.334. The first-order chi connectivity index (χ1) is 19.8. The van der Waals surface area contributed by atoms with Crippen LogP contribution in [0, 0.1) is 0 Å². The molecular weight excluding hydrogens is 544 g/mol. The summed E-state index contributed by atoms with van der Waals surface area (Å²) in [4.78, 5) is 33.5. The molecule has 2 amide bonds. The number of rotatable bonds is 8. The lowest BCUT2D eigenvalue weighted by molar-refractivity contribution is 0.0484. The lowest BCUT2D eigenvalue weighted by Gasteiger charge is -2.40. The van der Waals surface area contributed by atoms with Crippen LogP contribution in [0.25, 0.3) is 16.9 Å². The average molecular weight is 575 g/mol. The lowest BCUT2D eigenvalue weighted by Crippen LogP contribution is -2.58. The Hall–Kier alpha value is -4.64. The van der Waals surface area contributed by atoms with Crippen LogP contribution in [0.4, 0.5) is 4.79 Å². The molecule has 10 nitrogen and oxygen atoms in total. The normalized spacial score (nSPS) is 15.5. The highest BCUT2D eigenvalue weighted by Crippen LogP contribution is 2.34. The van der Waals surface area contributed by atoms with Gasteiger partial charge >= 0.3 is 12.1 Å². The summed E-state index contributed by atoms with van der Waals surface area (Å²) in [6.07, 6.45) is -1.17. The summed E-state index contributed by atoms with van der Waals surface area (Å²) in [5.74, 6) is -0.942. The molecule has 4 aromatic rings. The first-order valence-corrected chi connectivity index (χ1v) is 14.9. The van der Waals surface area contributed by atoms with E-state index in [1.165, 1.54) is 17.0 Å². The zero-order valence-electron chi connectivity index (χ0n) is 22.5. The molecule has 5 rings (SSSR count). The summed E-state index contributed by atoms with van der Waals surface area (Å²) in [6.45, 7) is 2.04. The molecule has 212 valence electrons. The van der Waals surface area contributed by atoms with Gasteiger partial charge in [0.25, 0.3) is 5.91 Å². The Balaban J connectivity index is 1.61. The fraction of sp³-hybridized carbons (Fsp3) is 0.233. The second-order valence-corrected chi connectivity index (χ2v) is 11.6. The van der Waals surface area contributed by atoms with Gasteiger partial charge in [-0.15, -0.1) is 0 Å². The molecule has 0 spiro atoms. The van der Waals surface area contributed by atoms with Crippen molar-refractivity contribution in [3.8, 4) is 23.0 Å². The first-order valence-electron chi connectivity index (χ1n) is 13.2. The van der Waals surface area contributed by atoms with Crippen molar-refractivity contribution in [2.75, 3.05) is 32.0 Å². The van der Waals surface area contributed by atoms with E-state index in [-0.39, 0.29) is 36.2 Å². The van der Waals surface area contributed by atoms with Crippen LogP contribution in [0.3, 0.4) is 0 Å². The van der Waals surface area contributed by atoms with Gasteiger partial charge in [-0.2, -0.15) is 4.98 Å².